The second-order valence-corrected chi connectivity index (χ2v) is 7.88. The minimum atomic E-state index is -0.275. The predicted molar refractivity (Wildman–Crippen MR) is 117 cm³/mol. The molecule has 0 unspecified atom stereocenters. The summed E-state index contributed by atoms with van der Waals surface area (Å²) in [5.74, 6) is -0.159. The van der Waals surface area contributed by atoms with Gasteiger partial charge in [-0.2, -0.15) is 5.10 Å². The van der Waals surface area contributed by atoms with Crippen LogP contribution in [0.25, 0.3) is 32.8 Å². The van der Waals surface area contributed by atoms with Gasteiger partial charge in [0.2, 0.25) is 0 Å². The summed E-state index contributed by atoms with van der Waals surface area (Å²) in [6, 6.07) is 18.0. The molecule has 0 saturated heterocycles. The molecule has 2 atom stereocenters. The fraction of sp³-hybridized carbons (Fsp3) is 0.120. The third-order valence-corrected chi connectivity index (χ3v) is 5.95. The van der Waals surface area contributed by atoms with Crippen LogP contribution in [0.1, 0.15) is 24.1 Å². The van der Waals surface area contributed by atoms with E-state index >= 15 is 0 Å². The topological polar surface area (TPSA) is 60.7 Å². The summed E-state index contributed by atoms with van der Waals surface area (Å²) >= 11 is 0. The molecular weight excluding hydrogens is 391 g/mol. The molecule has 0 radical (unpaired) electrons. The van der Waals surface area contributed by atoms with Gasteiger partial charge in [0, 0.05) is 34.8 Å². The quantitative estimate of drug-likeness (QED) is 0.427. The Bertz CT molecular complexity index is 1510. The molecule has 31 heavy (non-hydrogen) atoms. The van der Waals surface area contributed by atoms with E-state index < -0.39 is 0 Å². The Morgan fingerprint density at radius 3 is 2.71 bits per heavy atom. The summed E-state index contributed by atoms with van der Waals surface area (Å²) in [5, 5.41) is 6.72. The minimum Gasteiger partial charge on any atom is -0.267 e. The van der Waals surface area contributed by atoms with Crippen molar-refractivity contribution in [2.75, 3.05) is 0 Å². The van der Waals surface area contributed by atoms with Gasteiger partial charge in [-0.3, -0.25) is 14.8 Å². The lowest BCUT2D eigenvalue weighted by Crippen LogP contribution is -2.22. The number of hydrogen-bond acceptors (Lipinski definition) is 4. The average molecular weight is 408 g/mol. The number of fused-ring (bicyclic) bond motifs is 2. The van der Waals surface area contributed by atoms with Crippen LogP contribution in [-0.2, 0) is 0 Å². The smallest absolute Gasteiger partial charge is 0.267 e. The van der Waals surface area contributed by atoms with Crippen molar-refractivity contribution in [2.45, 2.75) is 18.4 Å². The van der Waals surface area contributed by atoms with Crippen molar-refractivity contribution in [3.8, 4) is 11.1 Å². The summed E-state index contributed by atoms with van der Waals surface area (Å²) < 4.78 is 15.0. The average Bonchev–Trinajstić information content (AvgIpc) is 3.60. The van der Waals surface area contributed by atoms with E-state index in [1.165, 1.54) is 12.1 Å². The fourth-order valence-electron chi connectivity index (χ4n) is 4.30. The van der Waals surface area contributed by atoms with Crippen molar-refractivity contribution < 1.29 is 4.39 Å². The van der Waals surface area contributed by atoms with Crippen molar-refractivity contribution in [1.29, 1.82) is 0 Å². The van der Waals surface area contributed by atoms with Gasteiger partial charge in [-0.05, 0) is 53.9 Å². The van der Waals surface area contributed by atoms with Gasteiger partial charge in [-0.15, -0.1) is 0 Å². The minimum absolute atomic E-state index is 0.0344. The highest BCUT2D eigenvalue weighted by Crippen LogP contribution is 2.50. The highest BCUT2D eigenvalue weighted by atomic mass is 19.1. The molecule has 0 N–H and O–H groups in total. The highest BCUT2D eigenvalue weighted by molar-refractivity contribution is 5.95. The van der Waals surface area contributed by atoms with Crippen LogP contribution in [0.15, 0.2) is 84.0 Å². The number of halogens is 1. The fourth-order valence-corrected chi connectivity index (χ4v) is 4.30. The zero-order chi connectivity index (χ0) is 20.9. The molecule has 1 aliphatic carbocycles. The van der Waals surface area contributed by atoms with Crippen LogP contribution in [0.2, 0.25) is 0 Å². The summed E-state index contributed by atoms with van der Waals surface area (Å²) in [5.41, 5.74) is 3.39. The molecule has 5 nitrogen and oxygen atoms in total. The van der Waals surface area contributed by atoms with Crippen LogP contribution in [0.3, 0.4) is 0 Å². The molecule has 6 rings (SSSR count). The Hall–Kier alpha value is -3.93. The summed E-state index contributed by atoms with van der Waals surface area (Å²) in [4.78, 5) is 22.2. The van der Waals surface area contributed by atoms with E-state index in [0.717, 1.165) is 39.5 Å². The number of pyridine rings is 2. The van der Waals surface area contributed by atoms with E-state index in [-0.39, 0.29) is 23.3 Å². The maximum Gasteiger partial charge on any atom is 0.275 e. The molecular formula is C25H17FN4O. The zero-order valence-electron chi connectivity index (χ0n) is 16.4. The number of rotatable bonds is 3. The van der Waals surface area contributed by atoms with Crippen LogP contribution < -0.4 is 5.56 Å². The lowest BCUT2D eigenvalue weighted by atomic mass is 10.0. The van der Waals surface area contributed by atoms with E-state index in [1.54, 1.807) is 29.3 Å². The number of aromatic nitrogens is 4. The SMILES string of the molecule is O=c1c2c(-c3ccncc3)cccc2cnn1[C@@H]1C[C@@H]1c1ccc2cc(F)ccc2n1. The molecule has 6 heteroatoms. The molecule has 3 heterocycles. The van der Waals surface area contributed by atoms with Crippen LogP contribution in [0.5, 0.6) is 0 Å². The number of nitrogens with zero attached hydrogens (tertiary/aromatic N) is 4. The van der Waals surface area contributed by atoms with Gasteiger partial charge in [0.15, 0.2) is 0 Å². The monoisotopic (exact) mass is 408 g/mol. The Labute approximate surface area is 176 Å². The van der Waals surface area contributed by atoms with E-state index in [1.807, 2.05) is 42.5 Å². The normalized spacial score (nSPS) is 17.8. The van der Waals surface area contributed by atoms with Crippen LogP contribution >= 0.6 is 0 Å². The zero-order valence-corrected chi connectivity index (χ0v) is 16.4. The molecule has 2 aromatic carbocycles. The third-order valence-electron chi connectivity index (χ3n) is 5.95. The Morgan fingerprint density at radius 2 is 1.84 bits per heavy atom. The summed E-state index contributed by atoms with van der Waals surface area (Å²) in [6.45, 7) is 0. The molecule has 5 aromatic rings. The van der Waals surface area contributed by atoms with Gasteiger partial charge in [-0.1, -0.05) is 24.3 Å². The maximum atomic E-state index is 13.5. The van der Waals surface area contributed by atoms with Crippen molar-refractivity contribution in [3.05, 3.63) is 101 Å². The highest BCUT2D eigenvalue weighted by Gasteiger charge is 2.42. The Morgan fingerprint density at radius 1 is 0.968 bits per heavy atom. The molecule has 1 fully saturated rings. The summed E-state index contributed by atoms with van der Waals surface area (Å²) in [6.07, 6.45) is 6.01. The molecule has 1 aliphatic rings. The largest absolute Gasteiger partial charge is 0.275 e. The van der Waals surface area contributed by atoms with E-state index in [2.05, 4.69) is 10.1 Å². The Kier molecular flexibility index (Phi) is 3.93. The van der Waals surface area contributed by atoms with Gasteiger partial charge >= 0.3 is 0 Å². The predicted octanol–water partition coefficient (Wildman–Crippen LogP) is 4.87. The molecule has 0 aliphatic heterocycles. The van der Waals surface area contributed by atoms with Crippen LogP contribution in [-0.4, -0.2) is 19.7 Å². The van der Waals surface area contributed by atoms with E-state index in [4.69, 9.17) is 4.98 Å². The Balaban J connectivity index is 1.41. The van der Waals surface area contributed by atoms with Crippen molar-refractivity contribution in [2.24, 2.45) is 0 Å². The van der Waals surface area contributed by atoms with Crippen LogP contribution in [0.4, 0.5) is 4.39 Å². The first-order valence-corrected chi connectivity index (χ1v) is 10.2. The van der Waals surface area contributed by atoms with Gasteiger partial charge in [-0.25, -0.2) is 9.07 Å². The maximum absolute atomic E-state index is 13.5. The van der Waals surface area contributed by atoms with Gasteiger partial charge in [0.05, 0.1) is 23.1 Å². The lowest BCUT2D eigenvalue weighted by molar-refractivity contribution is 0.590. The molecule has 0 amide bonds. The second-order valence-electron chi connectivity index (χ2n) is 7.88. The summed E-state index contributed by atoms with van der Waals surface area (Å²) in [7, 11) is 0. The van der Waals surface area contributed by atoms with E-state index in [9.17, 15) is 9.18 Å². The molecule has 0 bridgehead atoms. The molecule has 3 aromatic heterocycles. The first-order valence-electron chi connectivity index (χ1n) is 10.2. The van der Waals surface area contributed by atoms with Crippen molar-refractivity contribution >= 4 is 21.7 Å². The van der Waals surface area contributed by atoms with Crippen molar-refractivity contribution in [1.82, 2.24) is 19.7 Å². The third kappa shape index (κ3) is 2.99. The first kappa shape index (κ1) is 17.9. The van der Waals surface area contributed by atoms with Gasteiger partial charge < -0.3 is 0 Å². The first-order chi connectivity index (χ1) is 15.2. The lowest BCUT2D eigenvalue weighted by Gasteiger charge is -2.10. The molecule has 1 saturated carbocycles. The van der Waals surface area contributed by atoms with Gasteiger partial charge in [0.1, 0.15) is 5.82 Å². The van der Waals surface area contributed by atoms with Crippen LogP contribution in [0, 0.1) is 5.82 Å². The second kappa shape index (κ2) is 6.80. The molecule has 0 spiro atoms. The van der Waals surface area contributed by atoms with Crippen molar-refractivity contribution in [3.63, 3.8) is 0 Å². The number of benzene rings is 2. The molecule has 150 valence electrons. The standard InChI is InChI=1S/C25H17FN4O/c26-18-5-7-21-16(12-18)4-6-22(29-21)20-13-23(20)30-25(31)24-17(14-28-30)2-1-3-19(24)15-8-10-27-11-9-15/h1-12,14,20,23H,13H2/t20-,23-/m1/s1. The van der Waals surface area contributed by atoms with E-state index in [0.29, 0.717) is 5.39 Å². The number of hydrogen-bond donors (Lipinski definition) is 0. The van der Waals surface area contributed by atoms with Gasteiger partial charge in [0.25, 0.3) is 5.56 Å².